The van der Waals surface area contributed by atoms with Crippen molar-refractivity contribution in [1.82, 2.24) is 15.5 Å². The Labute approximate surface area is 200 Å². The van der Waals surface area contributed by atoms with E-state index >= 15 is 0 Å². The molecule has 0 aliphatic carbocycles. The number of halogens is 4. The van der Waals surface area contributed by atoms with Gasteiger partial charge in [-0.3, -0.25) is 9.89 Å². The number of rotatable bonds is 8. The van der Waals surface area contributed by atoms with Crippen molar-refractivity contribution in [2.45, 2.75) is 45.5 Å². The standard InChI is InChI=1S/C20H31F3N4O2S.HI/c1-4-24-19(26-17-11-12-30(28,29)14-17)25-13-18(27(5-2)6-3)15-7-9-16(10-8-15)20(21,22)23;/h7-10,17-18H,4-6,11-14H2,1-3H3,(H2,24,25,26);1H. The van der Waals surface area contributed by atoms with E-state index in [1.165, 1.54) is 12.1 Å². The van der Waals surface area contributed by atoms with Gasteiger partial charge in [-0.05, 0) is 44.1 Å². The zero-order valence-corrected chi connectivity index (χ0v) is 21.2. The van der Waals surface area contributed by atoms with Gasteiger partial charge in [0.1, 0.15) is 0 Å². The zero-order valence-electron chi connectivity index (χ0n) is 18.1. The number of hydrogen-bond acceptors (Lipinski definition) is 4. The minimum atomic E-state index is -4.37. The van der Waals surface area contributed by atoms with Crippen LogP contribution in [0.1, 0.15) is 44.4 Å². The Morgan fingerprint density at radius 2 is 1.81 bits per heavy atom. The average Bonchev–Trinajstić information content (AvgIpc) is 3.03. The van der Waals surface area contributed by atoms with E-state index in [0.29, 0.717) is 25.5 Å². The fourth-order valence-electron chi connectivity index (χ4n) is 3.59. The summed E-state index contributed by atoms with van der Waals surface area (Å²) in [5, 5.41) is 6.30. The molecule has 0 bridgehead atoms. The molecule has 2 rings (SSSR count). The summed E-state index contributed by atoms with van der Waals surface area (Å²) in [6.07, 6.45) is -3.84. The highest BCUT2D eigenvalue weighted by atomic mass is 127. The summed E-state index contributed by atoms with van der Waals surface area (Å²) < 4.78 is 62.1. The van der Waals surface area contributed by atoms with E-state index in [0.717, 1.165) is 30.8 Å². The van der Waals surface area contributed by atoms with Crippen molar-refractivity contribution < 1.29 is 21.6 Å². The van der Waals surface area contributed by atoms with E-state index in [9.17, 15) is 21.6 Å². The first-order chi connectivity index (χ1) is 14.1. The second-order valence-corrected chi connectivity index (χ2v) is 9.55. The lowest BCUT2D eigenvalue weighted by atomic mass is 10.0. The number of alkyl halides is 3. The maximum Gasteiger partial charge on any atom is 0.416 e. The normalized spacial score (nSPS) is 19.7. The van der Waals surface area contributed by atoms with E-state index in [2.05, 4.69) is 20.5 Å². The van der Waals surface area contributed by atoms with Crippen LogP contribution >= 0.6 is 24.0 Å². The number of benzene rings is 1. The van der Waals surface area contributed by atoms with Crippen LogP contribution in [0.5, 0.6) is 0 Å². The van der Waals surface area contributed by atoms with E-state index in [-0.39, 0.29) is 47.6 Å². The maximum atomic E-state index is 12.9. The summed E-state index contributed by atoms with van der Waals surface area (Å²) in [5.41, 5.74) is 0.0836. The fourth-order valence-corrected chi connectivity index (χ4v) is 5.26. The van der Waals surface area contributed by atoms with Crippen molar-refractivity contribution in [2.24, 2.45) is 4.99 Å². The molecule has 1 aliphatic rings. The summed E-state index contributed by atoms with van der Waals surface area (Å²) in [6.45, 7) is 8.31. The van der Waals surface area contributed by atoms with Crippen molar-refractivity contribution >= 4 is 39.8 Å². The summed E-state index contributed by atoms with van der Waals surface area (Å²) in [7, 11) is -3.01. The Hall–Kier alpha value is -1.08. The second kappa shape index (κ2) is 12.2. The largest absolute Gasteiger partial charge is 0.416 e. The SMILES string of the molecule is CCNC(=NCC(c1ccc(C(F)(F)F)cc1)N(CC)CC)NC1CCS(=O)(=O)C1.I. The van der Waals surface area contributed by atoms with Crippen LogP contribution in [0.25, 0.3) is 0 Å². The van der Waals surface area contributed by atoms with E-state index in [1.807, 2.05) is 20.8 Å². The van der Waals surface area contributed by atoms with Crippen LogP contribution in [0, 0.1) is 0 Å². The fraction of sp³-hybridized carbons (Fsp3) is 0.650. The van der Waals surface area contributed by atoms with Crippen LogP contribution in [0.15, 0.2) is 29.3 Å². The number of nitrogens with zero attached hydrogens (tertiary/aromatic N) is 2. The molecule has 6 nitrogen and oxygen atoms in total. The molecule has 0 amide bonds. The highest BCUT2D eigenvalue weighted by molar-refractivity contribution is 14.0. The van der Waals surface area contributed by atoms with Gasteiger partial charge in [0.05, 0.1) is 29.7 Å². The smallest absolute Gasteiger partial charge is 0.357 e. The molecule has 178 valence electrons. The van der Waals surface area contributed by atoms with Crippen LogP contribution in [-0.2, 0) is 16.0 Å². The Bertz CT molecular complexity index is 813. The highest BCUT2D eigenvalue weighted by Gasteiger charge is 2.31. The van der Waals surface area contributed by atoms with Crippen molar-refractivity contribution in [3.05, 3.63) is 35.4 Å². The molecular weight excluding hydrogens is 544 g/mol. The predicted octanol–water partition coefficient (Wildman–Crippen LogP) is 3.45. The van der Waals surface area contributed by atoms with Gasteiger partial charge in [-0.2, -0.15) is 13.2 Å². The molecule has 1 heterocycles. The minimum Gasteiger partial charge on any atom is -0.357 e. The van der Waals surface area contributed by atoms with Gasteiger partial charge in [-0.1, -0.05) is 26.0 Å². The Balaban J connectivity index is 0.00000480. The molecule has 31 heavy (non-hydrogen) atoms. The van der Waals surface area contributed by atoms with Crippen LogP contribution in [0.3, 0.4) is 0 Å². The zero-order chi connectivity index (χ0) is 22.4. The van der Waals surface area contributed by atoms with Crippen LogP contribution in [0.2, 0.25) is 0 Å². The lowest BCUT2D eigenvalue weighted by Crippen LogP contribution is -2.44. The molecule has 1 fully saturated rings. The van der Waals surface area contributed by atoms with Crippen molar-refractivity contribution in [3.8, 4) is 0 Å². The number of aliphatic imine (C=N–C) groups is 1. The third-order valence-corrected chi connectivity index (χ3v) is 6.98. The summed E-state index contributed by atoms with van der Waals surface area (Å²) in [6, 6.07) is 4.83. The molecule has 2 atom stereocenters. The summed E-state index contributed by atoms with van der Waals surface area (Å²) >= 11 is 0. The third kappa shape index (κ3) is 8.41. The monoisotopic (exact) mass is 576 g/mol. The summed E-state index contributed by atoms with van der Waals surface area (Å²) in [4.78, 5) is 6.76. The first kappa shape index (κ1) is 28.0. The number of sulfone groups is 1. The first-order valence-corrected chi connectivity index (χ1v) is 12.1. The van der Waals surface area contributed by atoms with E-state index < -0.39 is 21.6 Å². The first-order valence-electron chi connectivity index (χ1n) is 10.3. The van der Waals surface area contributed by atoms with Gasteiger partial charge in [-0.25, -0.2) is 8.42 Å². The minimum absolute atomic E-state index is 0. The second-order valence-electron chi connectivity index (χ2n) is 7.32. The number of guanidine groups is 1. The number of hydrogen-bond donors (Lipinski definition) is 2. The van der Waals surface area contributed by atoms with E-state index in [4.69, 9.17) is 0 Å². The molecule has 2 N–H and O–H groups in total. The Kier molecular flexibility index (Phi) is 11.0. The third-order valence-electron chi connectivity index (χ3n) is 5.22. The Morgan fingerprint density at radius 1 is 1.19 bits per heavy atom. The molecule has 1 saturated heterocycles. The molecule has 0 saturated carbocycles. The van der Waals surface area contributed by atoms with Crippen molar-refractivity contribution in [2.75, 3.05) is 37.7 Å². The molecular formula is C20H32F3IN4O2S. The quantitative estimate of drug-likeness (QED) is 0.282. The highest BCUT2D eigenvalue weighted by Crippen LogP contribution is 2.31. The summed E-state index contributed by atoms with van der Waals surface area (Å²) in [5.74, 6) is 0.761. The van der Waals surface area contributed by atoms with Crippen molar-refractivity contribution in [3.63, 3.8) is 0 Å². The van der Waals surface area contributed by atoms with Gasteiger partial charge in [0.2, 0.25) is 0 Å². The molecule has 11 heteroatoms. The maximum absolute atomic E-state index is 12.9. The van der Waals surface area contributed by atoms with Gasteiger partial charge in [0.25, 0.3) is 0 Å². The van der Waals surface area contributed by atoms with Gasteiger partial charge >= 0.3 is 6.18 Å². The van der Waals surface area contributed by atoms with Crippen molar-refractivity contribution in [1.29, 1.82) is 0 Å². The molecule has 1 aromatic rings. The van der Waals surface area contributed by atoms with Gasteiger partial charge < -0.3 is 10.6 Å². The molecule has 0 spiro atoms. The van der Waals surface area contributed by atoms with Crippen LogP contribution < -0.4 is 10.6 Å². The van der Waals surface area contributed by atoms with Gasteiger partial charge in [-0.15, -0.1) is 24.0 Å². The van der Waals surface area contributed by atoms with Gasteiger partial charge in [0, 0.05) is 12.6 Å². The molecule has 0 radical (unpaired) electrons. The van der Waals surface area contributed by atoms with Crippen LogP contribution in [-0.4, -0.2) is 63.0 Å². The number of nitrogens with one attached hydrogen (secondary N) is 2. The Morgan fingerprint density at radius 3 is 2.26 bits per heavy atom. The average molecular weight is 576 g/mol. The number of likely N-dealkylation sites (N-methyl/N-ethyl adjacent to an activating group) is 1. The van der Waals surface area contributed by atoms with E-state index in [1.54, 1.807) is 0 Å². The molecule has 0 aromatic heterocycles. The van der Waals surface area contributed by atoms with Crippen LogP contribution in [0.4, 0.5) is 13.2 Å². The molecule has 1 aromatic carbocycles. The molecule has 1 aliphatic heterocycles. The predicted molar refractivity (Wildman–Crippen MR) is 129 cm³/mol. The van der Waals surface area contributed by atoms with Gasteiger partial charge in [0.15, 0.2) is 15.8 Å². The lowest BCUT2D eigenvalue weighted by molar-refractivity contribution is -0.137. The lowest BCUT2D eigenvalue weighted by Gasteiger charge is -2.29. The topological polar surface area (TPSA) is 73.8 Å². The molecule has 2 unspecified atom stereocenters.